The van der Waals surface area contributed by atoms with Crippen LogP contribution in [0.4, 0.5) is 0 Å². The molecular weight excluding hydrogens is 490 g/mol. The summed E-state index contributed by atoms with van der Waals surface area (Å²) in [4.78, 5) is 34.8. The summed E-state index contributed by atoms with van der Waals surface area (Å²) >= 11 is 1.82. The van der Waals surface area contributed by atoms with E-state index in [1.165, 1.54) is 21.6 Å². The smallest absolute Gasteiger partial charge is 0.254 e. The van der Waals surface area contributed by atoms with Gasteiger partial charge < -0.3 is 9.80 Å². The number of aryl methyl sites for hydroxylation is 1. The Balaban J connectivity index is 1.16. The first-order valence-corrected chi connectivity index (χ1v) is 14.4. The van der Waals surface area contributed by atoms with Gasteiger partial charge in [0.05, 0.1) is 12.6 Å². The second kappa shape index (κ2) is 10.7. The lowest BCUT2D eigenvalue weighted by atomic mass is 9.90. The van der Waals surface area contributed by atoms with Crippen LogP contribution in [0.15, 0.2) is 78.2 Å². The maximum absolute atomic E-state index is 13.6. The number of carbonyl (C=O) groups is 2. The Kier molecular flexibility index (Phi) is 7.00. The predicted octanol–water partition coefficient (Wildman–Crippen LogP) is 5.53. The maximum atomic E-state index is 13.6. The van der Waals surface area contributed by atoms with Gasteiger partial charge in [-0.2, -0.15) is 0 Å². The quantitative estimate of drug-likeness (QED) is 0.353. The van der Waals surface area contributed by atoms with E-state index in [0.717, 1.165) is 35.7 Å². The minimum absolute atomic E-state index is 0.0525. The van der Waals surface area contributed by atoms with E-state index in [0.29, 0.717) is 32.7 Å². The summed E-state index contributed by atoms with van der Waals surface area (Å²) in [6, 6.07) is 24.8. The van der Waals surface area contributed by atoms with Crippen LogP contribution >= 0.6 is 11.3 Å². The summed E-state index contributed by atoms with van der Waals surface area (Å²) in [7, 11) is 0. The number of rotatable bonds is 4. The van der Waals surface area contributed by atoms with Crippen molar-refractivity contribution in [3.8, 4) is 0 Å². The van der Waals surface area contributed by atoms with Crippen LogP contribution < -0.4 is 0 Å². The summed E-state index contributed by atoms with van der Waals surface area (Å²) in [5.41, 5.74) is 4.61. The van der Waals surface area contributed by atoms with Crippen molar-refractivity contribution < 1.29 is 9.59 Å². The first kappa shape index (κ1) is 24.8. The molecule has 5 nitrogen and oxygen atoms in total. The summed E-state index contributed by atoms with van der Waals surface area (Å²) in [5.74, 6) is 0.207. The van der Waals surface area contributed by atoms with E-state index in [-0.39, 0.29) is 17.9 Å². The second-order valence-electron chi connectivity index (χ2n) is 10.3. The molecule has 1 aromatic heterocycles. The monoisotopic (exact) mass is 523 g/mol. The van der Waals surface area contributed by atoms with Gasteiger partial charge in [-0.05, 0) is 64.7 Å². The zero-order valence-corrected chi connectivity index (χ0v) is 22.6. The predicted molar refractivity (Wildman–Crippen MR) is 154 cm³/mol. The van der Waals surface area contributed by atoms with Crippen molar-refractivity contribution in [1.29, 1.82) is 0 Å². The topological polar surface area (TPSA) is 43.9 Å². The highest BCUT2D eigenvalue weighted by Crippen LogP contribution is 2.38. The van der Waals surface area contributed by atoms with Crippen LogP contribution in [0.3, 0.4) is 0 Å². The van der Waals surface area contributed by atoms with E-state index < -0.39 is 0 Å². The largest absolute Gasteiger partial charge is 0.340 e. The molecule has 2 amide bonds. The average molecular weight is 524 g/mol. The molecule has 3 heterocycles. The van der Waals surface area contributed by atoms with Gasteiger partial charge in [-0.25, -0.2) is 0 Å². The van der Waals surface area contributed by atoms with E-state index in [1.807, 2.05) is 63.6 Å². The highest BCUT2D eigenvalue weighted by atomic mass is 32.1. The minimum Gasteiger partial charge on any atom is -0.340 e. The zero-order chi connectivity index (χ0) is 26.1. The van der Waals surface area contributed by atoms with E-state index in [9.17, 15) is 9.59 Å². The molecule has 1 saturated heterocycles. The number of nitrogens with zero attached hydrogens (tertiary/aromatic N) is 3. The first-order chi connectivity index (χ1) is 18.6. The molecule has 0 bridgehead atoms. The van der Waals surface area contributed by atoms with Crippen molar-refractivity contribution in [3.05, 3.63) is 105 Å². The number of fused-ring (bicyclic) bond motifs is 2. The van der Waals surface area contributed by atoms with Crippen LogP contribution in [-0.2, 0) is 11.2 Å². The zero-order valence-electron chi connectivity index (χ0n) is 21.8. The van der Waals surface area contributed by atoms with Crippen molar-refractivity contribution in [3.63, 3.8) is 0 Å². The highest BCUT2D eigenvalue weighted by Gasteiger charge is 2.33. The lowest BCUT2D eigenvalue weighted by molar-refractivity contribution is -0.132. The third kappa shape index (κ3) is 4.74. The van der Waals surface area contributed by atoms with Crippen LogP contribution in [0.25, 0.3) is 10.8 Å². The molecule has 1 unspecified atom stereocenters. The van der Waals surface area contributed by atoms with E-state index in [2.05, 4.69) is 47.5 Å². The molecule has 0 aliphatic carbocycles. The maximum Gasteiger partial charge on any atom is 0.254 e. The Morgan fingerprint density at radius 2 is 1.58 bits per heavy atom. The average Bonchev–Trinajstić information content (AvgIpc) is 3.28. The number of carbonyl (C=O) groups excluding carboxylic acids is 2. The van der Waals surface area contributed by atoms with Crippen molar-refractivity contribution in [2.24, 2.45) is 0 Å². The molecule has 38 heavy (non-hydrogen) atoms. The second-order valence-corrected chi connectivity index (χ2v) is 11.3. The third-order valence-corrected chi connectivity index (χ3v) is 9.04. The van der Waals surface area contributed by atoms with Gasteiger partial charge in [-0.3, -0.25) is 14.5 Å². The van der Waals surface area contributed by atoms with Crippen molar-refractivity contribution >= 4 is 33.9 Å². The Bertz CT molecular complexity index is 1470. The molecule has 0 radical (unpaired) electrons. The first-order valence-electron chi connectivity index (χ1n) is 13.5. The normalized spacial score (nSPS) is 18.3. The minimum atomic E-state index is 0.0525. The van der Waals surface area contributed by atoms with Gasteiger partial charge in [0.15, 0.2) is 0 Å². The van der Waals surface area contributed by atoms with Crippen LogP contribution in [0.2, 0.25) is 0 Å². The van der Waals surface area contributed by atoms with Gasteiger partial charge >= 0.3 is 0 Å². The Labute approximate surface area is 228 Å². The molecule has 194 valence electrons. The summed E-state index contributed by atoms with van der Waals surface area (Å²) in [6.45, 7) is 5.91. The fraction of sp³-hybridized carbons (Fsp3) is 0.312. The Morgan fingerprint density at radius 3 is 2.47 bits per heavy atom. The SMILES string of the molecule is Cc1ccccc1C1c2ccsc2CCN1CC(=O)N1CCCN(C(=O)c2cccc3ccccc23)CC1. The molecule has 6 rings (SSSR count). The van der Waals surface area contributed by atoms with Crippen LogP contribution in [0.5, 0.6) is 0 Å². The van der Waals surface area contributed by atoms with Gasteiger partial charge in [0.1, 0.15) is 0 Å². The van der Waals surface area contributed by atoms with Gasteiger partial charge in [-0.1, -0.05) is 60.7 Å². The standard InChI is InChI=1S/C32H33N3O2S/c1-23-8-2-4-11-25(23)31-28-15-21-38-29(28)14-18-35(31)22-30(36)33-16-7-17-34(20-19-33)32(37)27-13-6-10-24-9-3-5-12-26(24)27/h2-6,8-13,15,21,31H,7,14,16-20,22H2,1H3. The van der Waals surface area contributed by atoms with Gasteiger partial charge in [0.2, 0.25) is 5.91 Å². The summed E-state index contributed by atoms with van der Waals surface area (Å²) in [5, 5.41) is 4.23. The van der Waals surface area contributed by atoms with Crippen LogP contribution in [0.1, 0.15) is 44.4 Å². The lowest BCUT2D eigenvalue weighted by Crippen LogP contribution is -2.45. The number of amides is 2. The fourth-order valence-electron chi connectivity index (χ4n) is 6.02. The van der Waals surface area contributed by atoms with E-state index in [1.54, 1.807) is 0 Å². The molecule has 2 aliphatic rings. The molecule has 1 atom stereocenters. The molecule has 6 heteroatoms. The van der Waals surface area contributed by atoms with E-state index in [4.69, 9.17) is 0 Å². The molecule has 0 N–H and O–H groups in total. The number of hydrogen-bond donors (Lipinski definition) is 0. The molecule has 0 saturated carbocycles. The Morgan fingerprint density at radius 1 is 0.816 bits per heavy atom. The van der Waals surface area contributed by atoms with Crippen LogP contribution in [-0.4, -0.2) is 65.8 Å². The third-order valence-electron chi connectivity index (χ3n) is 8.04. The number of benzene rings is 3. The lowest BCUT2D eigenvalue weighted by Gasteiger charge is -2.37. The summed E-state index contributed by atoms with van der Waals surface area (Å²) < 4.78 is 0. The van der Waals surface area contributed by atoms with Crippen LogP contribution in [0, 0.1) is 6.92 Å². The summed E-state index contributed by atoms with van der Waals surface area (Å²) in [6.07, 6.45) is 1.77. The van der Waals surface area contributed by atoms with Crippen molar-refractivity contribution in [1.82, 2.24) is 14.7 Å². The molecule has 2 aliphatic heterocycles. The fourth-order valence-corrected chi connectivity index (χ4v) is 6.93. The Hall–Kier alpha value is -3.48. The molecule has 0 spiro atoms. The number of thiophene rings is 1. The van der Waals surface area contributed by atoms with Crippen molar-refractivity contribution in [2.45, 2.75) is 25.8 Å². The van der Waals surface area contributed by atoms with E-state index >= 15 is 0 Å². The molecular formula is C32H33N3O2S. The highest BCUT2D eigenvalue weighted by molar-refractivity contribution is 7.10. The molecule has 4 aromatic rings. The van der Waals surface area contributed by atoms with Gasteiger partial charge in [-0.15, -0.1) is 11.3 Å². The molecule has 1 fully saturated rings. The van der Waals surface area contributed by atoms with Gasteiger partial charge in [0.25, 0.3) is 5.91 Å². The van der Waals surface area contributed by atoms with Gasteiger partial charge in [0, 0.05) is 43.2 Å². The molecule has 3 aromatic carbocycles. The number of hydrogen-bond acceptors (Lipinski definition) is 4. The van der Waals surface area contributed by atoms with Crippen molar-refractivity contribution in [2.75, 3.05) is 39.3 Å².